The summed E-state index contributed by atoms with van der Waals surface area (Å²) >= 11 is 1.65. The molecule has 5 heteroatoms. The molecule has 0 aliphatic rings. The average molecular weight is 256 g/mol. The number of hydrogen-bond donors (Lipinski definition) is 2. The van der Waals surface area contributed by atoms with Crippen LogP contribution in [0.3, 0.4) is 0 Å². The van der Waals surface area contributed by atoms with E-state index < -0.39 is 0 Å². The summed E-state index contributed by atoms with van der Waals surface area (Å²) in [7, 11) is 0. The van der Waals surface area contributed by atoms with Crippen LogP contribution in [0.15, 0.2) is 47.4 Å². The van der Waals surface area contributed by atoms with Gasteiger partial charge in [-0.25, -0.2) is 5.43 Å². The van der Waals surface area contributed by atoms with Crippen LogP contribution in [-0.2, 0) is 0 Å². The van der Waals surface area contributed by atoms with E-state index in [1.807, 2.05) is 23.6 Å². The first kappa shape index (κ1) is 11.3. The van der Waals surface area contributed by atoms with Gasteiger partial charge < -0.3 is 0 Å². The lowest BCUT2D eigenvalue weighted by Gasteiger charge is -2.16. The van der Waals surface area contributed by atoms with Gasteiger partial charge in [-0.1, -0.05) is 12.1 Å². The van der Waals surface area contributed by atoms with Crippen molar-refractivity contribution in [3.05, 3.63) is 58.5 Å². The molecule has 0 saturated heterocycles. The quantitative estimate of drug-likeness (QED) is 0.557. The van der Waals surface area contributed by atoms with E-state index in [2.05, 4.69) is 26.8 Å². The second-order valence-electron chi connectivity index (χ2n) is 3.93. The summed E-state index contributed by atoms with van der Waals surface area (Å²) in [6.07, 6.45) is 3.40. The topological polar surface area (TPSA) is 63.8 Å². The molecule has 0 saturated carbocycles. The molecule has 0 amide bonds. The van der Waals surface area contributed by atoms with Gasteiger partial charge in [-0.2, -0.15) is 11.3 Å². The van der Waals surface area contributed by atoms with Crippen molar-refractivity contribution >= 4 is 22.4 Å². The lowest BCUT2D eigenvalue weighted by Crippen LogP contribution is -2.28. The molecule has 1 unspecified atom stereocenters. The molecule has 0 bridgehead atoms. The lowest BCUT2D eigenvalue weighted by molar-refractivity contribution is 0.642. The zero-order valence-corrected chi connectivity index (χ0v) is 10.4. The minimum Gasteiger partial charge on any atom is -0.271 e. The molecule has 1 atom stereocenters. The highest BCUT2D eigenvalue weighted by atomic mass is 32.1. The molecule has 0 radical (unpaired) electrons. The van der Waals surface area contributed by atoms with Gasteiger partial charge in [0, 0.05) is 18.0 Å². The molecule has 1 aromatic carbocycles. The Bertz CT molecular complexity index is 646. The summed E-state index contributed by atoms with van der Waals surface area (Å²) in [6, 6.07) is 7.95. The van der Waals surface area contributed by atoms with Crippen LogP contribution in [0.4, 0.5) is 0 Å². The summed E-state index contributed by atoms with van der Waals surface area (Å²) in [6.45, 7) is 0. The highest BCUT2D eigenvalue weighted by Gasteiger charge is 2.16. The molecule has 4 nitrogen and oxygen atoms in total. The fraction of sp³-hybridized carbons (Fsp3) is 0.0769. The van der Waals surface area contributed by atoms with Crippen LogP contribution in [0.25, 0.3) is 11.0 Å². The first-order valence-corrected chi connectivity index (χ1v) is 6.52. The summed E-state index contributed by atoms with van der Waals surface area (Å²) in [4.78, 5) is 8.72. The number of thiophene rings is 1. The number of fused-ring (bicyclic) bond motifs is 1. The van der Waals surface area contributed by atoms with Crippen molar-refractivity contribution in [3.63, 3.8) is 0 Å². The van der Waals surface area contributed by atoms with Crippen LogP contribution in [0, 0.1) is 0 Å². The van der Waals surface area contributed by atoms with Crippen molar-refractivity contribution in [2.75, 3.05) is 0 Å². The predicted octanol–water partition coefficient (Wildman–Crippen LogP) is 2.24. The number of benzene rings is 1. The normalized spacial score (nSPS) is 12.7. The molecule has 0 fully saturated rings. The Morgan fingerprint density at radius 1 is 1.17 bits per heavy atom. The Morgan fingerprint density at radius 3 is 2.83 bits per heavy atom. The van der Waals surface area contributed by atoms with Crippen molar-refractivity contribution in [2.45, 2.75) is 6.04 Å². The van der Waals surface area contributed by atoms with Gasteiger partial charge in [0.1, 0.15) is 0 Å². The first-order valence-electron chi connectivity index (χ1n) is 5.58. The second kappa shape index (κ2) is 4.81. The Hall–Kier alpha value is -1.82. The zero-order chi connectivity index (χ0) is 12.4. The minimum atomic E-state index is -0.0587. The summed E-state index contributed by atoms with van der Waals surface area (Å²) in [5.41, 5.74) is 6.80. The summed E-state index contributed by atoms with van der Waals surface area (Å²) in [5.74, 6) is 5.69. The third-order valence-corrected chi connectivity index (χ3v) is 3.59. The van der Waals surface area contributed by atoms with Crippen molar-refractivity contribution in [3.8, 4) is 0 Å². The Balaban J connectivity index is 2.18. The molecular formula is C13H12N4S. The number of hydrogen-bond acceptors (Lipinski definition) is 5. The van der Waals surface area contributed by atoms with E-state index in [1.54, 1.807) is 23.7 Å². The number of rotatable bonds is 3. The van der Waals surface area contributed by atoms with E-state index in [4.69, 9.17) is 5.84 Å². The summed E-state index contributed by atoms with van der Waals surface area (Å²) in [5, 5.41) is 4.12. The number of aromatic nitrogens is 2. The molecule has 0 spiro atoms. The molecule has 90 valence electrons. The maximum atomic E-state index is 5.69. The molecule has 0 aliphatic heterocycles. The molecule has 2 heterocycles. The van der Waals surface area contributed by atoms with E-state index in [0.717, 1.165) is 22.2 Å². The Morgan fingerprint density at radius 2 is 2.06 bits per heavy atom. The molecule has 0 aliphatic carbocycles. The molecular weight excluding hydrogens is 244 g/mol. The standard InChI is InChI=1S/C13H12N4S/c14-17-12(9-4-7-18-8-9)10-2-1-3-11-13(10)16-6-5-15-11/h1-8,12,17H,14H2. The van der Waals surface area contributed by atoms with Crippen molar-refractivity contribution in [1.29, 1.82) is 0 Å². The van der Waals surface area contributed by atoms with E-state index >= 15 is 0 Å². The third kappa shape index (κ3) is 1.88. The van der Waals surface area contributed by atoms with Crippen LogP contribution in [0.5, 0.6) is 0 Å². The molecule has 2 aromatic heterocycles. The maximum Gasteiger partial charge on any atom is 0.0938 e. The van der Waals surface area contributed by atoms with E-state index in [-0.39, 0.29) is 6.04 Å². The maximum absolute atomic E-state index is 5.69. The lowest BCUT2D eigenvalue weighted by atomic mass is 10.0. The summed E-state index contributed by atoms with van der Waals surface area (Å²) < 4.78 is 0. The SMILES string of the molecule is NNC(c1ccsc1)c1cccc2nccnc12. The smallest absolute Gasteiger partial charge is 0.0938 e. The van der Waals surface area contributed by atoms with Gasteiger partial charge in [-0.15, -0.1) is 0 Å². The van der Waals surface area contributed by atoms with E-state index in [9.17, 15) is 0 Å². The van der Waals surface area contributed by atoms with Gasteiger partial charge in [0.05, 0.1) is 17.1 Å². The van der Waals surface area contributed by atoms with Gasteiger partial charge in [0.15, 0.2) is 0 Å². The van der Waals surface area contributed by atoms with Gasteiger partial charge in [-0.3, -0.25) is 15.8 Å². The molecule has 3 aromatic rings. The Labute approximate surface area is 108 Å². The van der Waals surface area contributed by atoms with E-state index in [1.165, 1.54) is 0 Å². The predicted molar refractivity (Wildman–Crippen MR) is 73.0 cm³/mol. The minimum absolute atomic E-state index is 0.0587. The fourth-order valence-corrected chi connectivity index (χ4v) is 2.74. The van der Waals surface area contributed by atoms with Gasteiger partial charge in [0.25, 0.3) is 0 Å². The first-order chi connectivity index (χ1) is 8.90. The number of nitrogens with one attached hydrogen (secondary N) is 1. The largest absolute Gasteiger partial charge is 0.271 e. The van der Waals surface area contributed by atoms with Gasteiger partial charge in [0.2, 0.25) is 0 Å². The monoisotopic (exact) mass is 256 g/mol. The molecule has 3 rings (SSSR count). The Kier molecular flexibility index (Phi) is 3.02. The average Bonchev–Trinajstić information content (AvgIpc) is 2.94. The number of nitrogens with zero attached hydrogens (tertiary/aromatic N) is 2. The van der Waals surface area contributed by atoms with Crippen molar-refractivity contribution in [1.82, 2.24) is 15.4 Å². The molecule has 18 heavy (non-hydrogen) atoms. The second-order valence-corrected chi connectivity index (χ2v) is 4.71. The van der Waals surface area contributed by atoms with Gasteiger partial charge in [-0.05, 0) is 28.5 Å². The number of hydrazine groups is 1. The highest BCUT2D eigenvalue weighted by molar-refractivity contribution is 7.08. The van der Waals surface area contributed by atoms with Crippen LogP contribution >= 0.6 is 11.3 Å². The van der Waals surface area contributed by atoms with Crippen LogP contribution in [0.2, 0.25) is 0 Å². The highest BCUT2D eigenvalue weighted by Crippen LogP contribution is 2.27. The molecule has 3 N–H and O–H groups in total. The van der Waals surface area contributed by atoms with Crippen LogP contribution < -0.4 is 11.3 Å². The van der Waals surface area contributed by atoms with Crippen LogP contribution in [-0.4, -0.2) is 9.97 Å². The van der Waals surface area contributed by atoms with Crippen molar-refractivity contribution < 1.29 is 0 Å². The van der Waals surface area contributed by atoms with E-state index in [0.29, 0.717) is 0 Å². The third-order valence-electron chi connectivity index (χ3n) is 2.88. The zero-order valence-electron chi connectivity index (χ0n) is 9.58. The van der Waals surface area contributed by atoms with Crippen LogP contribution in [0.1, 0.15) is 17.2 Å². The fourth-order valence-electron chi connectivity index (χ4n) is 2.05. The van der Waals surface area contributed by atoms with Crippen molar-refractivity contribution in [2.24, 2.45) is 5.84 Å². The van der Waals surface area contributed by atoms with Gasteiger partial charge >= 0.3 is 0 Å². The number of nitrogens with two attached hydrogens (primary N) is 1. The number of para-hydroxylation sites is 1.